The maximum Gasteiger partial charge on any atom is 0.421 e. The van der Waals surface area contributed by atoms with E-state index >= 15 is 0 Å². The zero-order valence-electron chi connectivity index (χ0n) is 14.8. The zero-order chi connectivity index (χ0) is 20.7. The number of ketones is 1. The second kappa shape index (κ2) is 7.67. The molecule has 1 N–H and O–H groups in total. The van der Waals surface area contributed by atoms with Gasteiger partial charge in [0.15, 0.2) is 11.4 Å². The summed E-state index contributed by atoms with van der Waals surface area (Å²) < 4.78 is 46.6. The minimum Gasteiger partial charge on any atom is -0.377 e. The Bertz CT molecular complexity index is 894. The molecule has 0 amide bonds. The largest absolute Gasteiger partial charge is 0.421 e. The third kappa shape index (κ3) is 3.92. The molecule has 1 aliphatic carbocycles. The van der Waals surface area contributed by atoms with E-state index in [1.807, 2.05) is 0 Å². The molecule has 1 unspecified atom stereocenters. The third-order valence-corrected chi connectivity index (χ3v) is 5.43. The highest BCUT2D eigenvalue weighted by Crippen LogP contribution is 2.44. The normalized spacial score (nSPS) is 18.6. The molecule has 0 radical (unpaired) electrons. The van der Waals surface area contributed by atoms with Crippen LogP contribution in [0, 0.1) is 0 Å². The maximum atomic E-state index is 13.7. The molecular formula is C20H17Cl2F3O3. The van der Waals surface area contributed by atoms with Crippen molar-refractivity contribution >= 4 is 29.0 Å². The number of benzene rings is 2. The minimum absolute atomic E-state index is 0.0687. The summed E-state index contributed by atoms with van der Waals surface area (Å²) in [5, 5.41) is 10.4. The lowest BCUT2D eigenvalue weighted by Crippen LogP contribution is -2.44. The Kier molecular flexibility index (Phi) is 5.79. The Labute approximate surface area is 170 Å². The number of carbonyl (C=O) groups is 1. The average molecular weight is 433 g/mol. The summed E-state index contributed by atoms with van der Waals surface area (Å²) >= 11 is 11.6. The second-order valence-corrected chi connectivity index (χ2v) is 7.67. The van der Waals surface area contributed by atoms with E-state index in [0.29, 0.717) is 6.42 Å². The SMILES string of the molecule is COC1CCc2cc(C(=O)C[C@@](O)(c3cc(Cl)cc(Cl)c3)C(F)(F)F)ccc21. The average Bonchev–Trinajstić information content (AvgIpc) is 3.02. The predicted molar refractivity (Wildman–Crippen MR) is 99.9 cm³/mol. The van der Waals surface area contributed by atoms with Gasteiger partial charge in [-0.2, -0.15) is 13.2 Å². The first kappa shape index (κ1) is 21.1. The van der Waals surface area contributed by atoms with E-state index in [1.165, 1.54) is 12.1 Å². The van der Waals surface area contributed by atoms with E-state index in [0.717, 1.165) is 29.7 Å². The molecule has 0 aromatic heterocycles. The molecular weight excluding hydrogens is 416 g/mol. The van der Waals surface area contributed by atoms with Crippen LogP contribution in [-0.2, 0) is 16.8 Å². The monoisotopic (exact) mass is 432 g/mol. The van der Waals surface area contributed by atoms with Crippen LogP contribution in [0.4, 0.5) is 13.2 Å². The lowest BCUT2D eigenvalue weighted by molar-refractivity contribution is -0.264. The Hall–Kier alpha value is -1.60. The first-order valence-corrected chi connectivity index (χ1v) is 9.25. The Morgan fingerprint density at radius 3 is 2.39 bits per heavy atom. The summed E-state index contributed by atoms with van der Waals surface area (Å²) in [6, 6.07) is 7.88. The van der Waals surface area contributed by atoms with Gasteiger partial charge in [-0.3, -0.25) is 4.79 Å². The molecule has 1 aliphatic rings. The lowest BCUT2D eigenvalue weighted by Gasteiger charge is -2.30. The number of carbonyl (C=O) groups excluding carboxylic acids is 1. The van der Waals surface area contributed by atoms with E-state index in [1.54, 1.807) is 19.2 Å². The van der Waals surface area contributed by atoms with Crippen LogP contribution >= 0.6 is 23.2 Å². The van der Waals surface area contributed by atoms with Gasteiger partial charge >= 0.3 is 6.18 Å². The van der Waals surface area contributed by atoms with Crippen LogP contribution in [0.5, 0.6) is 0 Å². The van der Waals surface area contributed by atoms with E-state index in [4.69, 9.17) is 27.9 Å². The summed E-state index contributed by atoms with van der Waals surface area (Å²) in [4.78, 5) is 12.6. The molecule has 0 aliphatic heterocycles. The summed E-state index contributed by atoms with van der Waals surface area (Å²) in [7, 11) is 1.58. The fourth-order valence-electron chi connectivity index (χ4n) is 3.49. The maximum absolute atomic E-state index is 13.7. The van der Waals surface area contributed by atoms with Crippen LogP contribution in [0.15, 0.2) is 36.4 Å². The van der Waals surface area contributed by atoms with Gasteiger partial charge in [0.1, 0.15) is 0 Å². The molecule has 0 saturated carbocycles. The lowest BCUT2D eigenvalue weighted by atomic mass is 9.86. The molecule has 3 rings (SSSR count). The molecule has 0 saturated heterocycles. The van der Waals surface area contributed by atoms with Crippen molar-refractivity contribution in [3.63, 3.8) is 0 Å². The number of Topliss-reactive ketones (excluding diaryl/α,β-unsaturated/α-hetero) is 1. The van der Waals surface area contributed by atoms with Crippen LogP contribution in [0.1, 0.15) is 46.0 Å². The van der Waals surface area contributed by atoms with Crippen molar-refractivity contribution in [2.45, 2.75) is 37.1 Å². The van der Waals surface area contributed by atoms with Crippen molar-refractivity contribution in [3.05, 3.63) is 68.7 Å². The first-order valence-electron chi connectivity index (χ1n) is 8.49. The number of alkyl halides is 3. The molecule has 0 spiro atoms. The topological polar surface area (TPSA) is 46.5 Å². The molecule has 0 bridgehead atoms. The summed E-state index contributed by atoms with van der Waals surface area (Å²) in [5.41, 5.74) is -2.10. The number of halogens is 5. The highest BCUT2D eigenvalue weighted by molar-refractivity contribution is 6.34. The van der Waals surface area contributed by atoms with Gasteiger partial charge in [-0.1, -0.05) is 35.3 Å². The van der Waals surface area contributed by atoms with Gasteiger partial charge in [-0.15, -0.1) is 0 Å². The second-order valence-electron chi connectivity index (χ2n) is 6.79. The predicted octanol–water partition coefficient (Wildman–Crippen LogP) is 5.65. The molecule has 2 aromatic rings. The summed E-state index contributed by atoms with van der Waals surface area (Å²) in [6.45, 7) is 0. The highest BCUT2D eigenvalue weighted by atomic mass is 35.5. The number of aryl methyl sites for hydroxylation is 1. The van der Waals surface area contributed by atoms with E-state index < -0.39 is 29.5 Å². The number of aliphatic hydroxyl groups is 1. The smallest absolute Gasteiger partial charge is 0.377 e. The van der Waals surface area contributed by atoms with Crippen LogP contribution in [0.2, 0.25) is 10.0 Å². The Morgan fingerprint density at radius 2 is 1.82 bits per heavy atom. The fourth-order valence-corrected chi connectivity index (χ4v) is 4.02. The first-order chi connectivity index (χ1) is 13.0. The number of fused-ring (bicyclic) bond motifs is 1. The molecule has 2 aromatic carbocycles. The van der Waals surface area contributed by atoms with E-state index in [-0.39, 0.29) is 21.7 Å². The van der Waals surface area contributed by atoms with Crippen molar-refractivity contribution in [1.82, 2.24) is 0 Å². The van der Waals surface area contributed by atoms with Crippen molar-refractivity contribution in [2.75, 3.05) is 7.11 Å². The van der Waals surface area contributed by atoms with Crippen molar-refractivity contribution in [2.24, 2.45) is 0 Å². The standard InChI is InChI=1S/C20H17Cl2F3O3/c1-28-18-5-3-11-6-12(2-4-16(11)18)17(26)10-19(27,20(23,24)25)13-7-14(21)9-15(22)8-13/h2,4,6-9,18,27H,3,5,10H2,1H3/t18?,19-/m1/s1. The van der Waals surface area contributed by atoms with Gasteiger partial charge in [-0.25, -0.2) is 0 Å². The highest BCUT2D eigenvalue weighted by Gasteiger charge is 2.56. The Morgan fingerprint density at radius 1 is 1.18 bits per heavy atom. The van der Waals surface area contributed by atoms with Gasteiger partial charge in [-0.05, 0) is 53.8 Å². The number of hydrogen-bond donors (Lipinski definition) is 1. The molecule has 3 nitrogen and oxygen atoms in total. The number of ether oxygens (including phenoxy) is 1. The molecule has 0 fully saturated rings. The van der Waals surface area contributed by atoms with Gasteiger partial charge in [0.25, 0.3) is 0 Å². The molecule has 28 heavy (non-hydrogen) atoms. The van der Waals surface area contributed by atoms with Crippen molar-refractivity contribution in [1.29, 1.82) is 0 Å². The van der Waals surface area contributed by atoms with E-state index in [2.05, 4.69) is 0 Å². The minimum atomic E-state index is -5.10. The molecule has 2 atom stereocenters. The summed E-state index contributed by atoms with van der Waals surface area (Å²) in [5.74, 6) is -0.834. The molecule has 150 valence electrons. The van der Waals surface area contributed by atoms with E-state index in [9.17, 15) is 23.1 Å². The number of rotatable bonds is 5. The van der Waals surface area contributed by atoms with Crippen LogP contribution in [0.3, 0.4) is 0 Å². The van der Waals surface area contributed by atoms with Gasteiger partial charge in [0.05, 0.1) is 12.5 Å². The van der Waals surface area contributed by atoms with Crippen LogP contribution in [0.25, 0.3) is 0 Å². The van der Waals surface area contributed by atoms with Gasteiger partial charge in [0, 0.05) is 22.7 Å². The van der Waals surface area contributed by atoms with Crippen LogP contribution < -0.4 is 0 Å². The zero-order valence-corrected chi connectivity index (χ0v) is 16.3. The summed E-state index contributed by atoms with van der Waals surface area (Å²) in [6.07, 6.45) is -4.95. The van der Waals surface area contributed by atoms with Gasteiger partial charge < -0.3 is 9.84 Å². The Balaban J connectivity index is 1.95. The van der Waals surface area contributed by atoms with Gasteiger partial charge in [0.2, 0.25) is 0 Å². The van der Waals surface area contributed by atoms with Crippen LogP contribution in [-0.4, -0.2) is 24.2 Å². The fraction of sp³-hybridized carbons (Fsp3) is 0.350. The quantitative estimate of drug-likeness (QED) is 0.620. The molecule has 0 heterocycles. The third-order valence-electron chi connectivity index (χ3n) is 5.00. The number of hydrogen-bond acceptors (Lipinski definition) is 3. The molecule has 8 heteroatoms. The van der Waals surface area contributed by atoms with Crippen molar-refractivity contribution < 1.29 is 27.8 Å². The van der Waals surface area contributed by atoms with Crippen molar-refractivity contribution in [3.8, 4) is 0 Å². The number of methoxy groups -OCH3 is 1.